The Morgan fingerprint density at radius 1 is 0.904 bits per heavy atom. The molecule has 3 atom stereocenters. The second-order valence-electron chi connectivity index (χ2n) is 14.2. The molecule has 4 aromatic carbocycles. The van der Waals surface area contributed by atoms with Gasteiger partial charge in [0, 0.05) is 36.6 Å². The fourth-order valence-corrected chi connectivity index (χ4v) is 9.66. The topological polar surface area (TPSA) is 94.6 Å². The SMILES string of the molecule is COC(=O)[C@@H]1CC[C@H]1CN1CC2(CCCc3cc(Cl)ccc32)COc2ccc(S(=O)(=O)N(Cc3ccc(OC)cc3)Cc3ccc(OC)cc3)cc21. The molecule has 0 aromatic heterocycles. The first-order valence-electron chi connectivity index (χ1n) is 17.8. The zero-order valence-electron chi connectivity index (χ0n) is 29.8. The van der Waals surface area contributed by atoms with Crippen LogP contribution in [0.4, 0.5) is 5.69 Å². The van der Waals surface area contributed by atoms with Crippen molar-refractivity contribution in [2.75, 3.05) is 45.9 Å². The van der Waals surface area contributed by atoms with Crippen molar-refractivity contribution in [2.24, 2.45) is 11.8 Å². The van der Waals surface area contributed by atoms with Crippen LogP contribution >= 0.6 is 11.6 Å². The molecule has 1 unspecified atom stereocenters. The summed E-state index contributed by atoms with van der Waals surface area (Å²) in [7, 11) is 0.610. The van der Waals surface area contributed by atoms with Gasteiger partial charge in [0.1, 0.15) is 17.2 Å². The fourth-order valence-electron chi connectivity index (χ4n) is 8.03. The first-order chi connectivity index (χ1) is 25.1. The number of methoxy groups -OCH3 is 3. The zero-order chi connectivity index (χ0) is 36.5. The number of carbonyl (C=O) groups excluding carboxylic acids is 1. The van der Waals surface area contributed by atoms with Gasteiger partial charge in [-0.15, -0.1) is 0 Å². The van der Waals surface area contributed by atoms with Crippen LogP contribution in [-0.4, -0.2) is 59.7 Å². The minimum Gasteiger partial charge on any atom is -0.497 e. The second kappa shape index (κ2) is 15.0. The lowest BCUT2D eigenvalue weighted by atomic mass is 9.69. The van der Waals surface area contributed by atoms with Crippen LogP contribution in [0.1, 0.15) is 47.9 Å². The Bertz CT molecular complexity index is 1970. The summed E-state index contributed by atoms with van der Waals surface area (Å²) in [4.78, 5) is 15.1. The van der Waals surface area contributed by atoms with Crippen molar-refractivity contribution < 1.29 is 32.2 Å². The number of hydrogen-bond acceptors (Lipinski definition) is 8. The molecule has 7 rings (SSSR count). The lowest BCUT2D eigenvalue weighted by Gasteiger charge is -2.44. The maximum absolute atomic E-state index is 14.8. The number of ether oxygens (including phenoxy) is 4. The molecular weight excluding hydrogens is 700 g/mol. The first-order valence-corrected chi connectivity index (χ1v) is 19.6. The Balaban J connectivity index is 1.27. The molecule has 0 bridgehead atoms. The van der Waals surface area contributed by atoms with Gasteiger partial charge in [0.15, 0.2) is 0 Å². The van der Waals surface area contributed by atoms with E-state index in [1.54, 1.807) is 32.4 Å². The number of nitrogens with zero attached hydrogens (tertiary/aromatic N) is 2. The van der Waals surface area contributed by atoms with E-state index >= 15 is 0 Å². The molecule has 1 heterocycles. The highest BCUT2D eigenvalue weighted by Crippen LogP contribution is 2.47. The molecule has 2 aliphatic carbocycles. The monoisotopic (exact) mass is 744 g/mol. The van der Waals surface area contributed by atoms with E-state index in [0.29, 0.717) is 47.7 Å². The summed E-state index contributed by atoms with van der Waals surface area (Å²) in [6, 6.07) is 26.2. The summed E-state index contributed by atoms with van der Waals surface area (Å²) in [6.07, 6.45) is 4.51. The van der Waals surface area contributed by atoms with E-state index in [4.69, 9.17) is 30.5 Å². The van der Waals surface area contributed by atoms with E-state index in [1.165, 1.54) is 22.5 Å². The minimum atomic E-state index is -4.03. The number of fused-ring (bicyclic) bond motifs is 3. The number of carbonyl (C=O) groups is 1. The Hall–Kier alpha value is -4.25. The minimum absolute atomic E-state index is 0.0747. The molecule has 1 saturated carbocycles. The third kappa shape index (κ3) is 7.21. The molecule has 0 saturated heterocycles. The maximum Gasteiger partial charge on any atom is 0.309 e. The number of aryl methyl sites for hydroxylation is 1. The summed E-state index contributed by atoms with van der Waals surface area (Å²) in [5.41, 5.74) is 4.47. The van der Waals surface area contributed by atoms with Gasteiger partial charge in [-0.1, -0.05) is 41.9 Å². The number of benzene rings is 4. The Labute approximate surface area is 311 Å². The summed E-state index contributed by atoms with van der Waals surface area (Å²) >= 11 is 6.45. The molecule has 274 valence electrons. The molecule has 11 heteroatoms. The number of anilines is 1. The van der Waals surface area contributed by atoms with E-state index in [9.17, 15) is 13.2 Å². The largest absolute Gasteiger partial charge is 0.497 e. The summed E-state index contributed by atoms with van der Waals surface area (Å²) in [5, 5.41) is 0.713. The molecule has 9 nitrogen and oxygen atoms in total. The second-order valence-corrected chi connectivity index (χ2v) is 16.5. The summed E-state index contributed by atoms with van der Waals surface area (Å²) < 4.78 is 53.5. The van der Waals surface area contributed by atoms with E-state index in [0.717, 1.165) is 43.2 Å². The number of halogens is 1. The van der Waals surface area contributed by atoms with Crippen molar-refractivity contribution in [3.63, 3.8) is 0 Å². The van der Waals surface area contributed by atoms with Gasteiger partial charge in [0.2, 0.25) is 10.0 Å². The zero-order valence-corrected chi connectivity index (χ0v) is 31.4. The molecule has 0 N–H and O–H groups in total. The third-order valence-electron chi connectivity index (χ3n) is 11.1. The predicted molar refractivity (Wildman–Crippen MR) is 201 cm³/mol. The van der Waals surface area contributed by atoms with E-state index in [1.807, 2.05) is 54.6 Å². The van der Waals surface area contributed by atoms with E-state index in [2.05, 4.69) is 17.0 Å². The van der Waals surface area contributed by atoms with Crippen molar-refractivity contribution in [3.8, 4) is 17.2 Å². The van der Waals surface area contributed by atoms with Crippen molar-refractivity contribution in [1.82, 2.24) is 4.31 Å². The Kier molecular flexibility index (Phi) is 10.4. The van der Waals surface area contributed by atoms with E-state index in [-0.39, 0.29) is 41.2 Å². The molecule has 52 heavy (non-hydrogen) atoms. The smallest absolute Gasteiger partial charge is 0.309 e. The molecule has 0 amide bonds. The van der Waals surface area contributed by atoms with Crippen molar-refractivity contribution >= 4 is 33.3 Å². The maximum atomic E-state index is 14.8. The highest BCUT2D eigenvalue weighted by Gasteiger charge is 2.45. The summed E-state index contributed by atoms with van der Waals surface area (Å²) in [6.45, 7) is 1.95. The third-order valence-corrected chi connectivity index (χ3v) is 13.1. The molecule has 1 aliphatic heterocycles. The molecule has 3 aliphatic rings. The van der Waals surface area contributed by atoms with Crippen LogP contribution in [-0.2, 0) is 44.5 Å². The lowest BCUT2D eigenvalue weighted by Crippen LogP contribution is -2.49. The Morgan fingerprint density at radius 2 is 1.58 bits per heavy atom. The van der Waals surface area contributed by atoms with Gasteiger partial charge < -0.3 is 23.8 Å². The van der Waals surface area contributed by atoms with Gasteiger partial charge in [-0.3, -0.25) is 4.79 Å². The van der Waals surface area contributed by atoms with Crippen LogP contribution in [0.5, 0.6) is 17.2 Å². The van der Waals surface area contributed by atoms with Crippen molar-refractivity contribution in [2.45, 2.75) is 55.5 Å². The van der Waals surface area contributed by atoms with Crippen LogP contribution in [0.15, 0.2) is 89.8 Å². The first kappa shape index (κ1) is 36.1. The standard InChI is InChI=1S/C41H45ClN2O7S/c1-48-33-12-6-28(7-13-33)23-44(24-29-8-14-34(49-2)15-9-29)52(46,47)35-16-19-39-38(22-35)43(25-31-10-17-36(31)40(45)50-3)26-41(27-51-39)20-4-5-30-21-32(42)11-18-37(30)41/h6-9,11-16,18-19,21-22,31,36H,4-5,10,17,20,23-27H2,1-3H3/t31-,36+,41?/m0/s1. The van der Waals surface area contributed by atoms with Gasteiger partial charge in [-0.05, 0) is 115 Å². The highest BCUT2D eigenvalue weighted by molar-refractivity contribution is 7.89. The Morgan fingerprint density at radius 3 is 2.17 bits per heavy atom. The van der Waals surface area contributed by atoms with Gasteiger partial charge >= 0.3 is 5.97 Å². The number of sulfonamides is 1. The predicted octanol–water partition coefficient (Wildman–Crippen LogP) is 7.42. The molecule has 0 radical (unpaired) electrons. The lowest BCUT2D eigenvalue weighted by molar-refractivity contribution is -0.151. The average Bonchev–Trinajstić information content (AvgIpc) is 3.30. The number of hydrogen-bond donors (Lipinski definition) is 0. The molecule has 1 fully saturated rings. The molecule has 4 aromatic rings. The average molecular weight is 745 g/mol. The molecular formula is C41H45ClN2O7S. The van der Waals surface area contributed by atoms with Gasteiger partial charge in [-0.25, -0.2) is 8.42 Å². The quantitative estimate of drug-likeness (QED) is 0.147. The molecule has 1 spiro atoms. The van der Waals surface area contributed by atoms with Crippen LogP contribution in [0, 0.1) is 11.8 Å². The van der Waals surface area contributed by atoms with Crippen LogP contribution in [0.3, 0.4) is 0 Å². The van der Waals surface area contributed by atoms with Crippen LogP contribution in [0.2, 0.25) is 5.02 Å². The van der Waals surface area contributed by atoms with Crippen molar-refractivity contribution in [1.29, 1.82) is 0 Å². The highest BCUT2D eigenvalue weighted by atomic mass is 35.5. The normalized spacial score (nSPS) is 21.0. The van der Waals surface area contributed by atoms with Gasteiger partial charge in [-0.2, -0.15) is 4.31 Å². The number of esters is 1. The summed E-state index contributed by atoms with van der Waals surface area (Å²) in [5.74, 6) is 1.71. The van der Waals surface area contributed by atoms with Crippen molar-refractivity contribution in [3.05, 3.63) is 112 Å². The van der Waals surface area contributed by atoms with Gasteiger partial charge in [0.25, 0.3) is 0 Å². The van der Waals surface area contributed by atoms with Crippen LogP contribution in [0.25, 0.3) is 0 Å². The number of rotatable bonds is 11. The van der Waals surface area contributed by atoms with Gasteiger partial charge in [0.05, 0.1) is 44.4 Å². The van der Waals surface area contributed by atoms with Crippen LogP contribution < -0.4 is 19.1 Å². The van der Waals surface area contributed by atoms with E-state index < -0.39 is 10.0 Å². The fraction of sp³-hybridized carbons (Fsp3) is 0.390.